The normalized spacial score (nSPS) is 32.8. The molecule has 3 N–H and O–H groups in total. The van der Waals surface area contributed by atoms with Crippen LogP contribution >= 0.6 is 0 Å². The van der Waals surface area contributed by atoms with Gasteiger partial charge in [0.05, 0.1) is 12.2 Å². The van der Waals surface area contributed by atoms with Crippen LogP contribution in [0, 0.1) is 23.2 Å². The summed E-state index contributed by atoms with van der Waals surface area (Å²) in [6, 6.07) is 5.94. The lowest BCUT2D eigenvalue weighted by atomic mass is 9.71. The monoisotopic (exact) mass is 402 g/mol. The van der Waals surface area contributed by atoms with Crippen LogP contribution in [0.4, 0.5) is 0 Å². The van der Waals surface area contributed by atoms with Gasteiger partial charge in [-0.25, -0.2) is 4.79 Å². The maximum absolute atomic E-state index is 10.9. The van der Waals surface area contributed by atoms with E-state index in [4.69, 9.17) is 9.84 Å². The largest absolute Gasteiger partial charge is 0.482 e. The highest BCUT2D eigenvalue weighted by molar-refractivity contribution is 5.68. The Bertz CT molecular complexity index is 747. The van der Waals surface area contributed by atoms with Gasteiger partial charge in [-0.2, -0.15) is 0 Å². The molecule has 0 aromatic heterocycles. The van der Waals surface area contributed by atoms with Gasteiger partial charge in [-0.3, -0.25) is 0 Å². The molecule has 0 bridgehead atoms. The summed E-state index contributed by atoms with van der Waals surface area (Å²) in [5.41, 5.74) is 2.54. The van der Waals surface area contributed by atoms with Crippen LogP contribution in [0.3, 0.4) is 0 Å². The van der Waals surface area contributed by atoms with E-state index in [9.17, 15) is 15.0 Å². The number of carboxylic acid groups (broad SMARTS) is 1. The molecule has 29 heavy (non-hydrogen) atoms. The minimum atomic E-state index is -0.967. The number of rotatable bonds is 10. The number of carbonyl (C=O) groups is 1. The van der Waals surface area contributed by atoms with Crippen LogP contribution in [0.5, 0.6) is 5.75 Å². The first-order valence-electron chi connectivity index (χ1n) is 11.3. The molecule has 2 saturated carbocycles. The lowest BCUT2D eigenvalue weighted by molar-refractivity contribution is -0.139. The van der Waals surface area contributed by atoms with Gasteiger partial charge in [-0.05, 0) is 78.9 Å². The van der Waals surface area contributed by atoms with E-state index in [0.717, 1.165) is 50.5 Å². The van der Waals surface area contributed by atoms with Crippen LogP contribution in [-0.2, 0) is 17.6 Å². The van der Waals surface area contributed by atoms with E-state index < -0.39 is 5.97 Å². The zero-order valence-corrected chi connectivity index (χ0v) is 17.3. The second-order valence-electron chi connectivity index (χ2n) is 9.43. The molecule has 0 amide bonds. The molecule has 0 radical (unpaired) electrons. The molecular formula is C24H34O5. The van der Waals surface area contributed by atoms with Crippen molar-refractivity contribution in [2.45, 2.75) is 76.9 Å². The quantitative estimate of drug-likeness (QED) is 0.521. The Hall–Kier alpha value is -1.59. The van der Waals surface area contributed by atoms with Crippen molar-refractivity contribution >= 4 is 5.97 Å². The Morgan fingerprint density at radius 1 is 1.31 bits per heavy atom. The predicted molar refractivity (Wildman–Crippen MR) is 110 cm³/mol. The Morgan fingerprint density at radius 2 is 2.14 bits per heavy atom. The summed E-state index contributed by atoms with van der Waals surface area (Å²) in [4.78, 5) is 10.9. The molecule has 3 aliphatic carbocycles. The molecule has 1 spiro atoms. The molecule has 0 heterocycles. The Balaban J connectivity index is 1.44. The Kier molecular flexibility index (Phi) is 5.90. The van der Waals surface area contributed by atoms with Gasteiger partial charge in [-0.1, -0.05) is 38.3 Å². The van der Waals surface area contributed by atoms with Crippen molar-refractivity contribution in [1.82, 2.24) is 0 Å². The average Bonchev–Trinajstić information content (AvgIpc) is 3.22. The van der Waals surface area contributed by atoms with Crippen molar-refractivity contribution < 1.29 is 24.9 Å². The van der Waals surface area contributed by atoms with Gasteiger partial charge < -0.3 is 20.1 Å². The van der Waals surface area contributed by atoms with Gasteiger partial charge in [0.2, 0.25) is 0 Å². The second kappa shape index (κ2) is 8.27. The molecule has 4 rings (SSSR count). The highest BCUT2D eigenvalue weighted by Crippen LogP contribution is 2.75. The topological polar surface area (TPSA) is 87.0 Å². The molecule has 6 atom stereocenters. The van der Waals surface area contributed by atoms with Gasteiger partial charge in [0.1, 0.15) is 5.75 Å². The molecule has 1 aromatic rings. The van der Waals surface area contributed by atoms with E-state index in [2.05, 4.69) is 13.0 Å². The molecule has 0 aliphatic heterocycles. The van der Waals surface area contributed by atoms with Crippen molar-refractivity contribution in [3.05, 3.63) is 29.3 Å². The number of hydrogen-bond donors (Lipinski definition) is 3. The third kappa shape index (κ3) is 3.79. The van der Waals surface area contributed by atoms with Crippen LogP contribution in [0.15, 0.2) is 18.2 Å². The highest BCUT2D eigenvalue weighted by atomic mass is 16.5. The summed E-state index contributed by atoms with van der Waals surface area (Å²) in [7, 11) is 0. The third-order valence-corrected chi connectivity index (χ3v) is 7.82. The minimum Gasteiger partial charge on any atom is -0.482 e. The summed E-state index contributed by atoms with van der Waals surface area (Å²) < 4.78 is 5.55. The number of fused-ring (bicyclic) bond motifs is 1. The number of unbranched alkanes of at least 4 members (excludes halogenated alkanes) is 2. The van der Waals surface area contributed by atoms with E-state index in [1.807, 2.05) is 12.1 Å². The SMILES string of the molecule is CCCCCC(O)CCC1C2C(O)CC3Cc4c(cccc4OCC(=O)O)CC312. The minimum absolute atomic E-state index is 0.168. The van der Waals surface area contributed by atoms with Crippen LogP contribution in [0.25, 0.3) is 0 Å². The number of benzene rings is 1. The third-order valence-electron chi connectivity index (χ3n) is 7.82. The summed E-state index contributed by atoms with van der Waals surface area (Å²) in [6.07, 6.45) is 8.31. The summed E-state index contributed by atoms with van der Waals surface area (Å²) in [5, 5.41) is 30.0. The van der Waals surface area contributed by atoms with Gasteiger partial charge >= 0.3 is 5.97 Å². The Labute approximate surface area is 173 Å². The number of ether oxygens (including phenoxy) is 1. The summed E-state index contributed by atoms with van der Waals surface area (Å²) >= 11 is 0. The highest BCUT2D eigenvalue weighted by Gasteiger charge is 2.74. The fourth-order valence-electron chi connectivity index (χ4n) is 6.55. The fourth-order valence-corrected chi connectivity index (χ4v) is 6.55. The van der Waals surface area contributed by atoms with E-state index in [-0.39, 0.29) is 24.2 Å². The van der Waals surface area contributed by atoms with Crippen molar-refractivity contribution in [2.75, 3.05) is 6.61 Å². The fraction of sp³-hybridized carbons (Fsp3) is 0.708. The van der Waals surface area contributed by atoms with Crippen molar-refractivity contribution in [2.24, 2.45) is 23.2 Å². The van der Waals surface area contributed by atoms with Crippen LogP contribution in [0.1, 0.15) is 63.0 Å². The number of carboxylic acids is 1. The number of aliphatic hydroxyl groups is 2. The van der Waals surface area contributed by atoms with Crippen molar-refractivity contribution in [3.63, 3.8) is 0 Å². The average molecular weight is 403 g/mol. The molecule has 2 fully saturated rings. The lowest BCUT2D eigenvalue weighted by Gasteiger charge is -2.33. The van der Waals surface area contributed by atoms with Crippen LogP contribution in [0.2, 0.25) is 0 Å². The van der Waals surface area contributed by atoms with E-state index in [1.165, 1.54) is 18.4 Å². The van der Waals surface area contributed by atoms with Gasteiger partial charge in [0.15, 0.2) is 6.61 Å². The van der Waals surface area contributed by atoms with Gasteiger partial charge in [0, 0.05) is 0 Å². The Morgan fingerprint density at radius 3 is 2.90 bits per heavy atom. The van der Waals surface area contributed by atoms with Crippen molar-refractivity contribution in [1.29, 1.82) is 0 Å². The van der Waals surface area contributed by atoms with E-state index in [1.54, 1.807) is 0 Å². The standard InChI is InChI=1S/C24H34O5/c1-2-3-4-7-17(25)9-10-19-23-20(26)12-16-11-18-15(13-24(16,19)23)6-5-8-21(18)29-14-22(27)28/h5-6,8,16-17,19-20,23,25-26H,2-4,7,9-14H2,1H3,(H,27,28). The molecule has 5 nitrogen and oxygen atoms in total. The van der Waals surface area contributed by atoms with Crippen molar-refractivity contribution in [3.8, 4) is 5.75 Å². The van der Waals surface area contributed by atoms with Crippen LogP contribution < -0.4 is 4.74 Å². The number of aliphatic carboxylic acids is 1. The maximum Gasteiger partial charge on any atom is 0.341 e. The first-order valence-corrected chi connectivity index (χ1v) is 11.3. The summed E-state index contributed by atoms with van der Waals surface area (Å²) in [6.45, 7) is 1.85. The van der Waals surface area contributed by atoms with Gasteiger partial charge in [0.25, 0.3) is 0 Å². The first kappa shape index (κ1) is 20.7. The van der Waals surface area contributed by atoms with E-state index in [0.29, 0.717) is 23.5 Å². The van der Waals surface area contributed by atoms with E-state index >= 15 is 0 Å². The van der Waals surface area contributed by atoms with Gasteiger partial charge in [-0.15, -0.1) is 0 Å². The molecule has 160 valence electrons. The second-order valence-corrected chi connectivity index (χ2v) is 9.43. The first-order chi connectivity index (χ1) is 14.0. The zero-order chi connectivity index (χ0) is 20.6. The molecular weight excluding hydrogens is 368 g/mol. The molecule has 0 saturated heterocycles. The molecule has 5 heteroatoms. The zero-order valence-electron chi connectivity index (χ0n) is 17.3. The number of hydrogen-bond acceptors (Lipinski definition) is 4. The lowest BCUT2D eigenvalue weighted by Crippen LogP contribution is -2.28. The van der Waals surface area contributed by atoms with Crippen LogP contribution in [-0.4, -0.2) is 40.1 Å². The molecule has 3 aliphatic rings. The summed E-state index contributed by atoms with van der Waals surface area (Å²) in [5.74, 6) is 0.986. The number of aliphatic hydroxyl groups excluding tert-OH is 2. The smallest absolute Gasteiger partial charge is 0.341 e. The maximum atomic E-state index is 10.9. The molecule has 1 aromatic carbocycles. The predicted octanol–water partition coefficient (Wildman–Crippen LogP) is 3.58. The molecule has 6 unspecified atom stereocenters.